The SMILES string of the molecule is CCOCCC1(CN=C(N)Nc2ccc(C)cc2)CCCC1.I. The first kappa shape index (κ1) is 20.2. The van der Waals surface area contributed by atoms with Crippen molar-refractivity contribution in [3.8, 4) is 0 Å². The molecule has 0 saturated heterocycles. The van der Waals surface area contributed by atoms with E-state index in [1.54, 1.807) is 0 Å². The molecule has 0 unspecified atom stereocenters. The Hall–Kier alpha value is -0.820. The molecule has 0 atom stereocenters. The molecule has 0 bridgehead atoms. The van der Waals surface area contributed by atoms with Crippen molar-refractivity contribution in [2.45, 2.75) is 46.0 Å². The Morgan fingerprint density at radius 3 is 2.52 bits per heavy atom. The van der Waals surface area contributed by atoms with Crippen LogP contribution in [0.25, 0.3) is 0 Å². The second-order valence-corrected chi connectivity index (χ2v) is 6.35. The van der Waals surface area contributed by atoms with Crippen LogP contribution in [0.3, 0.4) is 0 Å². The Morgan fingerprint density at radius 1 is 1.26 bits per heavy atom. The Morgan fingerprint density at radius 2 is 1.91 bits per heavy atom. The maximum absolute atomic E-state index is 6.04. The smallest absolute Gasteiger partial charge is 0.193 e. The predicted molar refractivity (Wildman–Crippen MR) is 109 cm³/mol. The van der Waals surface area contributed by atoms with Crippen molar-refractivity contribution < 1.29 is 4.74 Å². The second kappa shape index (κ2) is 10.1. The molecule has 4 nitrogen and oxygen atoms in total. The number of guanidine groups is 1. The van der Waals surface area contributed by atoms with Gasteiger partial charge in [0.05, 0.1) is 0 Å². The Labute approximate surface area is 157 Å². The van der Waals surface area contributed by atoms with Gasteiger partial charge in [0, 0.05) is 25.4 Å². The predicted octanol–water partition coefficient (Wildman–Crippen LogP) is 4.33. The number of nitrogens with zero attached hydrogens (tertiary/aromatic N) is 1. The molecule has 130 valence electrons. The highest BCUT2D eigenvalue weighted by Gasteiger charge is 2.33. The summed E-state index contributed by atoms with van der Waals surface area (Å²) in [4.78, 5) is 4.60. The van der Waals surface area contributed by atoms with Gasteiger partial charge < -0.3 is 15.8 Å². The van der Waals surface area contributed by atoms with E-state index in [2.05, 4.69) is 29.4 Å². The standard InChI is InChI=1S/C18H29N3O.HI/c1-3-22-13-12-18(10-4-5-11-18)14-20-17(19)21-16-8-6-15(2)7-9-16;/h6-9H,3-5,10-14H2,1-2H3,(H3,19,20,21);1H. The molecule has 0 spiro atoms. The van der Waals surface area contributed by atoms with Gasteiger partial charge in [0.2, 0.25) is 0 Å². The van der Waals surface area contributed by atoms with E-state index in [1.807, 2.05) is 19.1 Å². The summed E-state index contributed by atoms with van der Waals surface area (Å²) in [6.07, 6.45) is 6.16. The van der Waals surface area contributed by atoms with Crippen LogP contribution in [-0.2, 0) is 4.74 Å². The third-order valence-corrected chi connectivity index (χ3v) is 4.55. The minimum Gasteiger partial charge on any atom is -0.382 e. The summed E-state index contributed by atoms with van der Waals surface area (Å²) < 4.78 is 5.54. The molecule has 0 radical (unpaired) electrons. The first-order valence-corrected chi connectivity index (χ1v) is 8.35. The minimum absolute atomic E-state index is 0. The number of benzene rings is 1. The summed E-state index contributed by atoms with van der Waals surface area (Å²) in [5.41, 5.74) is 8.56. The molecule has 1 aliphatic rings. The number of hydrogen-bond acceptors (Lipinski definition) is 2. The lowest BCUT2D eigenvalue weighted by Crippen LogP contribution is -2.28. The normalized spacial score (nSPS) is 16.9. The number of rotatable bonds is 7. The van der Waals surface area contributed by atoms with Crippen molar-refractivity contribution >= 4 is 35.6 Å². The van der Waals surface area contributed by atoms with E-state index < -0.39 is 0 Å². The Balaban J connectivity index is 0.00000264. The molecule has 0 aliphatic heterocycles. The molecular formula is C18H30IN3O. The molecule has 23 heavy (non-hydrogen) atoms. The van der Waals surface area contributed by atoms with E-state index in [-0.39, 0.29) is 29.4 Å². The van der Waals surface area contributed by atoms with Crippen molar-refractivity contribution in [1.82, 2.24) is 0 Å². The molecule has 1 aliphatic carbocycles. The molecule has 0 heterocycles. The lowest BCUT2D eigenvalue weighted by Gasteiger charge is -2.27. The van der Waals surface area contributed by atoms with Crippen molar-refractivity contribution in [1.29, 1.82) is 0 Å². The van der Waals surface area contributed by atoms with Crippen LogP contribution in [0.15, 0.2) is 29.3 Å². The van der Waals surface area contributed by atoms with Gasteiger partial charge in [0.1, 0.15) is 0 Å². The van der Waals surface area contributed by atoms with E-state index in [0.717, 1.165) is 31.9 Å². The van der Waals surface area contributed by atoms with Gasteiger partial charge in [-0.25, -0.2) is 0 Å². The molecule has 0 amide bonds. The van der Waals surface area contributed by atoms with Gasteiger partial charge in [-0.2, -0.15) is 0 Å². The maximum atomic E-state index is 6.04. The highest BCUT2D eigenvalue weighted by molar-refractivity contribution is 14.0. The van der Waals surface area contributed by atoms with Crippen LogP contribution >= 0.6 is 24.0 Å². The number of anilines is 1. The van der Waals surface area contributed by atoms with Crippen molar-refractivity contribution in [2.75, 3.05) is 25.1 Å². The molecule has 1 fully saturated rings. The lowest BCUT2D eigenvalue weighted by atomic mass is 9.83. The number of aliphatic imine (C=N–C) groups is 1. The Kier molecular flexibility index (Phi) is 8.91. The zero-order valence-corrected chi connectivity index (χ0v) is 16.6. The zero-order valence-electron chi connectivity index (χ0n) is 14.3. The molecule has 0 aromatic heterocycles. The molecule has 5 heteroatoms. The molecule has 1 saturated carbocycles. The topological polar surface area (TPSA) is 59.6 Å². The summed E-state index contributed by atoms with van der Waals surface area (Å²) in [6, 6.07) is 8.18. The number of hydrogen-bond donors (Lipinski definition) is 2. The Bertz CT molecular complexity index is 482. The van der Waals surface area contributed by atoms with Crippen LogP contribution in [0.2, 0.25) is 0 Å². The maximum Gasteiger partial charge on any atom is 0.193 e. The van der Waals surface area contributed by atoms with Crippen LogP contribution in [0.1, 0.15) is 44.6 Å². The largest absolute Gasteiger partial charge is 0.382 e. The van der Waals surface area contributed by atoms with Crippen LogP contribution in [0.4, 0.5) is 5.69 Å². The first-order chi connectivity index (χ1) is 10.6. The van der Waals surface area contributed by atoms with Gasteiger partial charge in [0.25, 0.3) is 0 Å². The monoisotopic (exact) mass is 431 g/mol. The van der Waals surface area contributed by atoms with Crippen molar-refractivity contribution in [3.05, 3.63) is 29.8 Å². The van der Waals surface area contributed by atoms with Gasteiger partial charge in [-0.1, -0.05) is 30.5 Å². The number of nitrogens with one attached hydrogen (secondary N) is 1. The quantitative estimate of drug-likeness (QED) is 0.293. The molecule has 1 aromatic carbocycles. The van der Waals surface area contributed by atoms with E-state index in [4.69, 9.17) is 10.5 Å². The van der Waals surface area contributed by atoms with E-state index in [9.17, 15) is 0 Å². The van der Waals surface area contributed by atoms with Crippen LogP contribution in [0.5, 0.6) is 0 Å². The van der Waals surface area contributed by atoms with Gasteiger partial charge >= 0.3 is 0 Å². The zero-order chi connectivity index (χ0) is 15.8. The number of halogens is 1. The fourth-order valence-electron chi connectivity index (χ4n) is 3.12. The number of nitrogens with two attached hydrogens (primary N) is 1. The van der Waals surface area contributed by atoms with Crippen molar-refractivity contribution in [3.63, 3.8) is 0 Å². The van der Waals surface area contributed by atoms with Gasteiger partial charge in [-0.05, 0) is 50.7 Å². The highest BCUT2D eigenvalue weighted by atomic mass is 127. The summed E-state index contributed by atoms with van der Waals surface area (Å²) in [5, 5.41) is 3.17. The first-order valence-electron chi connectivity index (χ1n) is 8.35. The van der Waals surface area contributed by atoms with Crippen molar-refractivity contribution in [2.24, 2.45) is 16.1 Å². The van der Waals surface area contributed by atoms with Crippen LogP contribution < -0.4 is 11.1 Å². The number of aryl methyl sites for hydroxylation is 1. The van der Waals surface area contributed by atoms with Gasteiger partial charge in [-0.15, -0.1) is 24.0 Å². The molecule has 2 rings (SSSR count). The fourth-order valence-corrected chi connectivity index (χ4v) is 3.12. The molecular weight excluding hydrogens is 401 g/mol. The summed E-state index contributed by atoms with van der Waals surface area (Å²) in [7, 11) is 0. The third-order valence-electron chi connectivity index (χ3n) is 4.55. The fraction of sp³-hybridized carbons (Fsp3) is 0.611. The number of ether oxygens (including phenoxy) is 1. The van der Waals surface area contributed by atoms with Crippen LogP contribution in [0, 0.1) is 12.3 Å². The summed E-state index contributed by atoms with van der Waals surface area (Å²) >= 11 is 0. The van der Waals surface area contributed by atoms with E-state index in [0.29, 0.717) is 5.96 Å². The summed E-state index contributed by atoms with van der Waals surface area (Å²) in [6.45, 7) is 6.53. The average molecular weight is 431 g/mol. The van der Waals surface area contributed by atoms with E-state index >= 15 is 0 Å². The molecule has 3 N–H and O–H groups in total. The highest BCUT2D eigenvalue weighted by Crippen LogP contribution is 2.41. The lowest BCUT2D eigenvalue weighted by molar-refractivity contribution is 0.107. The van der Waals surface area contributed by atoms with Gasteiger partial charge in [-0.3, -0.25) is 4.99 Å². The van der Waals surface area contributed by atoms with E-state index in [1.165, 1.54) is 31.2 Å². The molecule has 1 aromatic rings. The average Bonchev–Trinajstić information content (AvgIpc) is 2.97. The minimum atomic E-state index is 0. The van der Waals surface area contributed by atoms with Gasteiger partial charge in [0.15, 0.2) is 5.96 Å². The van der Waals surface area contributed by atoms with Crippen LogP contribution in [-0.4, -0.2) is 25.7 Å². The third kappa shape index (κ3) is 6.67. The second-order valence-electron chi connectivity index (χ2n) is 6.35. The summed E-state index contributed by atoms with van der Waals surface area (Å²) in [5.74, 6) is 0.506.